The second-order valence-corrected chi connectivity index (χ2v) is 5.74. The van der Waals surface area contributed by atoms with Gasteiger partial charge in [0.1, 0.15) is 12.2 Å². The zero-order valence-corrected chi connectivity index (χ0v) is 12.1. The molecule has 0 atom stereocenters. The van der Waals surface area contributed by atoms with Gasteiger partial charge in [-0.05, 0) is 43.7 Å². The molecule has 2 rings (SSSR count). The van der Waals surface area contributed by atoms with Gasteiger partial charge in [0.25, 0.3) is 5.91 Å². The first-order valence-electron chi connectivity index (χ1n) is 7.13. The van der Waals surface area contributed by atoms with Crippen molar-refractivity contribution in [3.63, 3.8) is 0 Å². The van der Waals surface area contributed by atoms with E-state index in [1.807, 2.05) is 7.05 Å². The van der Waals surface area contributed by atoms with Gasteiger partial charge in [0.05, 0.1) is 0 Å². The number of carboxylic acid groups (broad SMARTS) is 1. The predicted molar refractivity (Wildman–Crippen MR) is 75.6 cm³/mol. The Balaban J connectivity index is 2.07. The summed E-state index contributed by atoms with van der Waals surface area (Å²) in [7, 11) is 1.82. The lowest BCUT2D eigenvalue weighted by molar-refractivity contribution is -0.137. The van der Waals surface area contributed by atoms with Crippen molar-refractivity contribution in [1.29, 1.82) is 0 Å². The van der Waals surface area contributed by atoms with Gasteiger partial charge in [-0.1, -0.05) is 6.92 Å². The molecule has 0 aromatic carbocycles. The lowest BCUT2D eigenvalue weighted by Crippen LogP contribution is -2.40. The van der Waals surface area contributed by atoms with Crippen LogP contribution in [0.5, 0.6) is 0 Å². The maximum absolute atomic E-state index is 12.5. The Kier molecular flexibility index (Phi) is 4.47. The molecule has 1 aliphatic rings. The van der Waals surface area contributed by atoms with Gasteiger partial charge in [-0.2, -0.15) is 0 Å². The van der Waals surface area contributed by atoms with Gasteiger partial charge in [-0.25, -0.2) is 0 Å². The number of carboxylic acids is 1. The fraction of sp³-hybridized carbons (Fsp3) is 0.600. The zero-order valence-electron chi connectivity index (χ0n) is 12.1. The quantitative estimate of drug-likeness (QED) is 0.918. The van der Waals surface area contributed by atoms with Gasteiger partial charge < -0.3 is 14.6 Å². The third-order valence-corrected chi connectivity index (χ3v) is 4.21. The van der Waals surface area contributed by atoms with Gasteiger partial charge in [0, 0.05) is 19.3 Å². The fourth-order valence-electron chi connectivity index (χ4n) is 2.87. The van der Waals surface area contributed by atoms with E-state index in [1.54, 1.807) is 23.2 Å². The first-order valence-corrected chi connectivity index (χ1v) is 7.13. The summed E-state index contributed by atoms with van der Waals surface area (Å²) in [5.74, 6) is -0.286. The number of rotatable bonds is 4. The van der Waals surface area contributed by atoms with Crippen molar-refractivity contribution in [3.8, 4) is 0 Å². The highest BCUT2D eigenvalue weighted by atomic mass is 16.4. The minimum atomic E-state index is -0.940. The average molecular weight is 278 g/mol. The van der Waals surface area contributed by atoms with E-state index in [2.05, 4.69) is 6.92 Å². The van der Waals surface area contributed by atoms with Crippen LogP contribution in [0.3, 0.4) is 0 Å². The molecule has 1 amide bonds. The van der Waals surface area contributed by atoms with Crippen LogP contribution in [0.4, 0.5) is 0 Å². The minimum absolute atomic E-state index is 0.0872. The van der Waals surface area contributed by atoms with Crippen LogP contribution in [0.1, 0.15) is 43.1 Å². The van der Waals surface area contributed by atoms with Crippen LogP contribution in [0.2, 0.25) is 0 Å². The summed E-state index contributed by atoms with van der Waals surface area (Å²) in [6.45, 7) is 2.07. The fourth-order valence-corrected chi connectivity index (χ4v) is 2.87. The van der Waals surface area contributed by atoms with Crippen LogP contribution in [0, 0.1) is 5.92 Å². The Morgan fingerprint density at radius 1 is 1.35 bits per heavy atom. The van der Waals surface area contributed by atoms with Gasteiger partial charge >= 0.3 is 5.97 Å². The molecule has 0 saturated heterocycles. The van der Waals surface area contributed by atoms with Crippen LogP contribution in [-0.2, 0) is 11.3 Å². The number of carbonyl (C=O) groups is 2. The number of amides is 1. The van der Waals surface area contributed by atoms with Crippen molar-refractivity contribution in [2.45, 2.75) is 45.2 Å². The highest BCUT2D eigenvalue weighted by Gasteiger charge is 2.26. The Labute approximate surface area is 119 Å². The molecule has 20 heavy (non-hydrogen) atoms. The predicted octanol–water partition coefficient (Wildman–Crippen LogP) is 2.22. The van der Waals surface area contributed by atoms with E-state index in [-0.39, 0.29) is 18.5 Å². The molecule has 5 nitrogen and oxygen atoms in total. The van der Waals surface area contributed by atoms with Crippen molar-refractivity contribution in [2.75, 3.05) is 7.05 Å². The molecule has 1 heterocycles. The first-order chi connectivity index (χ1) is 9.49. The summed E-state index contributed by atoms with van der Waals surface area (Å²) >= 11 is 0. The summed E-state index contributed by atoms with van der Waals surface area (Å²) < 4.78 is 1.49. The van der Waals surface area contributed by atoms with E-state index in [1.165, 1.54) is 4.57 Å². The molecular formula is C15H22N2O3. The molecule has 5 heteroatoms. The van der Waals surface area contributed by atoms with Crippen molar-refractivity contribution in [1.82, 2.24) is 9.47 Å². The van der Waals surface area contributed by atoms with Crippen molar-refractivity contribution in [3.05, 3.63) is 24.0 Å². The first kappa shape index (κ1) is 14.6. The van der Waals surface area contributed by atoms with Crippen molar-refractivity contribution >= 4 is 11.9 Å². The minimum Gasteiger partial charge on any atom is -0.480 e. The summed E-state index contributed by atoms with van der Waals surface area (Å²) in [6.07, 6.45) is 6.00. The Bertz CT molecular complexity index is 487. The van der Waals surface area contributed by atoms with E-state index in [4.69, 9.17) is 5.11 Å². The van der Waals surface area contributed by atoms with Crippen LogP contribution in [0.25, 0.3) is 0 Å². The van der Waals surface area contributed by atoms with E-state index in [0.29, 0.717) is 5.69 Å². The molecule has 0 spiro atoms. The molecule has 1 saturated carbocycles. The molecule has 1 N–H and O–H groups in total. The molecule has 0 radical (unpaired) electrons. The largest absolute Gasteiger partial charge is 0.480 e. The monoisotopic (exact) mass is 278 g/mol. The van der Waals surface area contributed by atoms with Gasteiger partial charge in [-0.3, -0.25) is 9.59 Å². The summed E-state index contributed by atoms with van der Waals surface area (Å²) in [5.41, 5.74) is 0.452. The molecular weight excluding hydrogens is 256 g/mol. The maximum Gasteiger partial charge on any atom is 0.323 e. The SMILES string of the molecule is CC1CCC(N(C)C(=O)c2cccn2CC(=O)O)CC1. The van der Waals surface area contributed by atoms with E-state index in [0.717, 1.165) is 31.6 Å². The number of aliphatic carboxylic acids is 1. The van der Waals surface area contributed by atoms with Crippen LogP contribution < -0.4 is 0 Å². The van der Waals surface area contributed by atoms with Crippen LogP contribution in [0.15, 0.2) is 18.3 Å². The smallest absolute Gasteiger partial charge is 0.323 e. The number of carbonyl (C=O) groups excluding carboxylic acids is 1. The van der Waals surface area contributed by atoms with E-state index < -0.39 is 5.97 Å². The molecule has 110 valence electrons. The maximum atomic E-state index is 12.5. The highest BCUT2D eigenvalue weighted by molar-refractivity contribution is 5.93. The Morgan fingerprint density at radius 3 is 2.60 bits per heavy atom. The summed E-state index contributed by atoms with van der Waals surface area (Å²) in [4.78, 5) is 25.1. The molecule has 0 aliphatic heterocycles. The normalized spacial score (nSPS) is 22.5. The average Bonchev–Trinajstić information content (AvgIpc) is 2.85. The number of aromatic nitrogens is 1. The van der Waals surface area contributed by atoms with Crippen LogP contribution >= 0.6 is 0 Å². The van der Waals surface area contributed by atoms with Crippen molar-refractivity contribution < 1.29 is 14.7 Å². The lowest BCUT2D eigenvalue weighted by atomic mass is 9.86. The second kappa shape index (κ2) is 6.11. The molecule has 1 fully saturated rings. The molecule has 1 aromatic heterocycles. The number of hydrogen-bond acceptors (Lipinski definition) is 2. The summed E-state index contributed by atoms with van der Waals surface area (Å²) in [6, 6.07) is 3.67. The standard InChI is InChI=1S/C15H22N2O3/c1-11-5-7-12(8-6-11)16(2)15(20)13-4-3-9-17(13)10-14(18)19/h3-4,9,11-12H,5-8,10H2,1-2H3,(H,18,19). The van der Waals surface area contributed by atoms with Crippen LogP contribution in [-0.4, -0.2) is 39.5 Å². The topological polar surface area (TPSA) is 62.5 Å². The van der Waals surface area contributed by atoms with Gasteiger partial charge in [0.2, 0.25) is 0 Å². The third kappa shape index (κ3) is 3.21. The number of hydrogen-bond donors (Lipinski definition) is 1. The summed E-state index contributed by atoms with van der Waals surface area (Å²) in [5, 5.41) is 8.86. The van der Waals surface area contributed by atoms with Gasteiger partial charge in [-0.15, -0.1) is 0 Å². The molecule has 1 aliphatic carbocycles. The number of nitrogens with zero attached hydrogens (tertiary/aromatic N) is 2. The third-order valence-electron chi connectivity index (χ3n) is 4.21. The Hall–Kier alpha value is -1.78. The van der Waals surface area contributed by atoms with Crippen molar-refractivity contribution in [2.24, 2.45) is 5.92 Å². The Morgan fingerprint density at radius 2 is 2.00 bits per heavy atom. The highest BCUT2D eigenvalue weighted by Crippen LogP contribution is 2.27. The second-order valence-electron chi connectivity index (χ2n) is 5.74. The van der Waals surface area contributed by atoms with Gasteiger partial charge in [0.15, 0.2) is 0 Å². The molecule has 0 unspecified atom stereocenters. The molecule has 1 aromatic rings. The molecule has 0 bridgehead atoms. The zero-order chi connectivity index (χ0) is 14.7. The lowest BCUT2D eigenvalue weighted by Gasteiger charge is -2.33. The van der Waals surface area contributed by atoms with E-state index >= 15 is 0 Å². The van der Waals surface area contributed by atoms with E-state index in [9.17, 15) is 9.59 Å².